The van der Waals surface area contributed by atoms with Crippen molar-refractivity contribution in [3.05, 3.63) is 30.1 Å². The highest BCUT2D eigenvalue weighted by Crippen LogP contribution is 1.85. The Labute approximate surface area is 69.6 Å². The van der Waals surface area contributed by atoms with Crippen LogP contribution in [0.25, 0.3) is 0 Å². The Balaban J connectivity index is 0. The number of carbonyl (C=O) groups is 1. The number of hydrogen-bond donors (Lipinski definition) is 1. The number of carboxylic acids is 1. The second-order valence-corrected chi connectivity index (χ2v) is 1.58. The third-order valence-electron chi connectivity index (χ3n) is 0.939. The number of nitrogens with one attached hydrogen (secondary N) is 1. The maximum atomic E-state index is 10.2. The van der Waals surface area contributed by atoms with E-state index in [1.165, 1.54) is 6.07 Å². The molecule has 1 aromatic heterocycles. The van der Waals surface area contributed by atoms with E-state index in [4.69, 9.17) is 5.11 Å². The molecule has 5 heteroatoms. The van der Waals surface area contributed by atoms with Gasteiger partial charge in [-0.25, -0.2) is 9.78 Å². The van der Waals surface area contributed by atoms with Crippen LogP contribution in [0.4, 0.5) is 0 Å². The molecule has 0 saturated carbocycles. The average molecular weight is 178 g/mol. The molecule has 1 rings (SSSR count). The van der Waals surface area contributed by atoms with Gasteiger partial charge in [-0.2, -0.15) is 0 Å². The monoisotopic (exact) mass is 177 g/mol. The van der Waals surface area contributed by atoms with Crippen LogP contribution in [0.1, 0.15) is 10.5 Å². The Morgan fingerprint density at radius 3 is 2.36 bits per heavy atom. The number of pyridine rings is 1. The SMILES string of the molecule is O.O=C(O)c1cccc[nH+]1.[Cl-]. The average Bonchev–Trinajstić information content (AvgIpc) is 1.90. The lowest BCUT2D eigenvalue weighted by molar-refractivity contribution is -0.383. The summed E-state index contributed by atoms with van der Waals surface area (Å²) in [5.41, 5.74) is 0.206. The van der Waals surface area contributed by atoms with E-state index in [0.29, 0.717) is 0 Å². The topological polar surface area (TPSA) is 82.9 Å². The van der Waals surface area contributed by atoms with Crippen molar-refractivity contribution in [2.45, 2.75) is 0 Å². The molecule has 0 aliphatic carbocycles. The number of hydrogen-bond acceptors (Lipinski definition) is 1. The van der Waals surface area contributed by atoms with Crippen molar-refractivity contribution in [3.8, 4) is 0 Å². The van der Waals surface area contributed by atoms with Gasteiger partial charge < -0.3 is 23.0 Å². The molecule has 0 aromatic carbocycles. The molecule has 0 radical (unpaired) electrons. The summed E-state index contributed by atoms with van der Waals surface area (Å²) in [5, 5.41) is 8.35. The van der Waals surface area contributed by atoms with Gasteiger partial charge in [-0.15, -0.1) is 0 Å². The molecule has 0 spiro atoms. The summed E-state index contributed by atoms with van der Waals surface area (Å²) in [6.45, 7) is 0. The van der Waals surface area contributed by atoms with Crippen LogP contribution in [0, 0.1) is 0 Å². The lowest BCUT2D eigenvalue weighted by atomic mass is 10.4. The van der Waals surface area contributed by atoms with Gasteiger partial charge in [0.15, 0.2) is 6.20 Å². The minimum absolute atomic E-state index is 0. The summed E-state index contributed by atoms with van der Waals surface area (Å²) in [6, 6.07) is 4.90. The van der Waals surface area contributed by atoms with Gasteiger partial charge in [0.05, 0.1) is 0 Å². The van der Waals surface area contributed by atoms with Crippen LogP contribution in [-0.4, -0.2) is 16.6 Å². The summed E-state index contributed by atoms with van der Waals surface area (Å²) >= 11 is 0. The Morgan fingerprint density at radius 2 is 2.09 bits per heavy atom. The molecule has 0 atom stereocenters. The van der Waals surface area contributed by atoms with Gasteiger partial charge in [0.25, 0.3) is 5.69 Å². The maximum absolute atomic E-state index is 10.2. The third kappa shape index (κ3) is 3.54. The second kappa shape index (κ2) is 5.64. The Morgan fingerprint density at radius 1 is 1.45 bits per heavy atom. The zero-order valence-corrected chi connectivity index (χ0v) is 6.30. The van der Waals surface area contributed by atoms with E-state index >= 15 is 0 Å². The summed E-state index contributed by atoms with van der Waals surface area (Å²) in [7, 11) is 0. The number of halogens is 1. The second-order valence-electron chi connectivity index (χ2n) is 1.58. The maximum Gasteiger partial charge on any atom is 0.401 e. The fourth-order valence-corrected chi connectivity index (χ4v) is 0.526. The first-order valence-electron chi connectivity index (χ1n) is 2.51. The molecule has 11 heavy (non-hydrogen) atoms. The van der Waals surface area contributed by atoms with Crippen LogP contribution in [0.15, 0.2) is 24.4 Å². The fourth-order valence-electron chi connectivity index (χ4n) is 0.526. The van der Waals surface area contributed by atoms with Crippen molar-refractivity contribution >= 4 is 5.97 Å². The van der Waals surface area contributed by atoms with Crippen molar-refractivity contribution in [3.63, 3.8) is 0 Å². The summed E-state index contributed by atoms with van der Waals surface area (Å²) < 4.78 is 0. The van der Waals surface area contributed by atoms with Gasteiger partial charge in [-0.05, 0) is 6.07 Å². The highest BCUT2D eigenvalue weighted by molar-refractivity contribution is 5.83. The van der Waals surface area contributed by atoms with Crippen molar-refractivity contribution in [1.82, 2.24) is 0 Å². The minimum atomic E-state index is -0.935. The molecule has 0 bridgehead atoms. The van der Waals surface area contributed by atoms with E-state index in [1.807, 2.05) is 0 Å². The van der Waals surface area contributed by atoms with Gasteiger partial charge in [0.1, 0.15) is 0 Å². The number of aromatic amines is 1. The standard InChI is InChI=1S/C6H5NO2.ClH.H2O/c8-6(9)5-3-1-2-4-7-5;;/h1-4H,(H,8,9);1H;1H2. The molecule has 0 unspecified atom stereocenters. The Hall–Kier alpha value is -1.13. The zero-order valence-electron chi connectivity index (χ0n) is 5.54. The molecular formula is C6H8ClNO3. The number of aromatic nitrogens is 1. The number of H-pyrrole nitrogens is 1. The van der Waals surface area contributed by atoms with Crippen LogP contribution in [0.2, 0.25) is 0 Å². The first-order valence-corrected chi connectivity index (χ1v) is 2.51. The predicted octanol–water partition coefficient (Wildman–Crippen LogP) is -3.62. The highest BCUT2D eigenvalue weighted by atomic mass is 35.5. The third-order valence-corrected chi connectivity index (χ3v) is 0.939. The quantitative estimate of drug-likeness (QED) is 0.481. The molecule has 1 aromatic rings. The van der Waals surface area contributed by atoms with Crippen molar-refractivity contribution in [2.75, 3.05) is 0 Å². The fraction of sp³-hybridized carbons (Fsp3) is 0. The van der Waals surface area contributed by atoms with E-state index in [1.54, 1.807) is 18.3 Å². The normalized spacial score (nSPS) is 7.27. The molecule has 4 nitrogen and oxygen atoms in total. The van der Waals surface area contributed by atoms with Crippen LogP contribution in [0.3, 0.4) is 0 Å². The number of rotatable bonds is 1. The van der Waals surface area contributed by atoms with E-state index in [9.17, 15) is 4.79 Å². The summed E-state index contributed by atoms with van der Waals surface area (Å²) in [6.07, 6.45) is 1.57. The molecule has 0 fully saturated rings. The first-order chi connectivity index (χ1) is 4.30. The molecule has 1 heterocycles. The van der Waals surface area contributed by atoms with Crippen LogP contribution in [0.5, 0.6) is 0 Å². The molecule has 4 N–H and O–H groups in total. The first kappa shape index (κ1) is 12.5. The van der Waals surface area contributed by atoms with Crippen LogP contribution < -0.4 is 17.4 Å². The lowest BCUT2D eigenvalue weighted by Crippen LogP contribution is -3.00. The van der Waals surface area contributed by atoms with Gasteiger partial charge in [-0.3, -0.25) is 0 Å². The minimum Gasteiger partial charge on any atom is -1.00 e. The largest absolute Gasteiger partial charge is 1.00 e. The summed E-state index contributed by atoms with van der Waals surface area (Å²) in [5.74, 6) is -0.935. The number of aromatic carboxylic acids is 1. The van der Waals surface area contributed by atoms with Gasteiger partial charge in [0, 0.05) is 12.1 Å². The lowest BCUT2D eigenvalue weighted by Gasteiger charge is -1.80. The molecule has 0 amide bonds. The van der Waals surface area contributed by atoms with Crippen molar-refractivity contribution in [1.29, 1.82) is 0 Å². The zero-order chi connectivity index (χ0) is 6.69. The summed E-state index contributed by atoms with van der Waals surface area (Å²) in [4.78, 5) is 12.7. The van der Waals surface area contributed by atoms with Crippen LogP contribution >= 0.6 is 0 Å². The van der Waals surface area contributed by atoms with Crippen molar-refractivity contribution in [2.24, 2.45) is 0 Å². The highest BCUT2D eigenvalue weighted by Gasteiger charge is 2.06. The number of carboxylic acid groups (broad SMARTS) is 1. The van der Waals surface area contributed by atoms with Gasteiger partial charge >= 0.3 is 5.97 Å². The van der Waals surface area contributed by atoms with E-state index in [-0.39, 0.29) is 23.6 Å². The van der Waals surface area contributed by atoms with E-state index in [0.717, 1.165) is 0 Å². The Kier molecular flexibility index (Phi) is 6.43. The van der Waals surface area contributed by atoms with Crippen molar-refractivity contribution < 1.29 is 32.8 Å². The smallest absolute Gasteiger partial charge is 0.401 e. The molecule has 62 valence electrons. The van der Waals surface area contributed by atoms with E-state index in [2.05, 4.69) is 4.98 Å². The predicted molar refractivity (Wildman–Crippen MR) is 33.6 cm³/mol. The molecule has 0 aliphatic heterocycles. The van der Waals surface area contributed by atoms with Crippen LogP contribution in [-0.2, 0) is 0 Å². The molecule has 0 aliphatic rings. The van der Waals surface area contributed by atoms with Gasteiger partial charge in [0.2, 0.25) is 0 Å². The molecular weight excluding hydrogens is 170 g/mol. The Bertz CT molecular complexity index is 214. The molecule has 0 saturated heterocycles. The van der Waals surface area contributed by atoms with E-state index < -0.39 is 5.97 Å². The van der Waals surface area contributed by atoms with Gasteiger partial charge in [-0.1, -0.05) is 0 Å².